The van der Waals surface area contributed by atoms with Crippen molar-refractivity contribution in [1.82, 2.24) is 4.57 Å². The van der Waals surface area contributed by atoms with Crippen LogP contribution in [0, 0.1) is 0 Å². The van der Waals surface area contributed by atoms with Crippen molar-refractivity contribution in [2.24, 2.45) is 7.05 Å². The number of hydrogen-bond donors (Lipinski definition) is 0. The molecular formula is C26H25N. The van der Waals surface area contributed by atoms with Gasteiger partial charge in [0.1, 0.15) is 0 Å². The van der Waals surface area contributed by atoms with Crippen molar-refractivity contribution in [1.29, 1.82) is 0 Å². The minimum Gasteiger partial charge on any atom is -0.344 e. The summed E-state index contributed by atoms with van der Waals surface area (Å²) in [6, 6.07) is 25.0. The molecule has 0 radical (unpaired) electrons. The molecule has 1 aromatic heterocycles. The van der Waals surface area contributed by atoms with Gasteiger partial charge < -0.3 is 4.57 Å². The summed E-state index contributed by atoms with van der Waals surface area (Å²) in [5.41, 5.74) is 4.12. The van der Waals surface area contributed by atoms with Crippen LogP contribution in [0.15, 0.2) is 66.7 Å². The number of nitrogens with zero attached hydrogens (tertiary/aromatic N) is 1. The third-order valence-corrected chi connectivity index (χ3v) is 5.99. The zero-order chi connectivity index (χ0) is 18.4. The minimum absolute atomic E-state index is 1.18. The lowest BCUT2D eigenvalue weighted by Gasteiger charge is -2.05. The molecule has 1 nitrogen and oxygen atoms in total. The topological polar surface area (TPSA) is 4.93 Å². The second-order valence-electron chi connectivity index (χ2n) is 7.75. The third kappa shape index (κ3) is 2.61. The number of aromatic nitrogens is 1. The fraction of sp³-hybridized carbons (Fsp3) is 0.231. The van der Waals surface area contributed by atoms with E-state index in [0.717, 1.165) is 0 Å². The molecule has 0 amide bonds. The van der Waals surface area contributed by atoms with Crippen LogP contribution in [0.3, 0.4) is 0 Å². The quantitative estimate of drug-likeness (QED) is 0.235. The van der Waals surface area contributed by atoms with E-state index in [9.17, 15) is 0 Å². The van der Waals surface area contributed by atoms with Gasteiger partial charge in [-0.05, 0) is 64.2 Å². The predicted octanol–water partition coefficient (Wildman–Crippen LogP) is 7.37. The van der Waals surface area contributed by atoms with Gasteiger partial charge in [-0.2, -0.15) is 0 Å². The molecule has 0 spiro atoms. The Morgan fingerprint density at radius 3 is 2.33 bits per heavy atom. The first-order valence-electron chi connectivity index (χ1n) is 10.1. The first-order chi connectivity index (χ1) is 13.3. The summed E-state index contributed by atoms with van der Waals surface area (Å²) < 4.78 is 2.36. The molecule has 5 aromatic rings. The van der Waals surface area contributed by atoms with E-state index in [-0.39, 0.29) is 0 Å². The number of benzene rings is 4. The fourth-order valence-corrected chi connectivity index (χ4v) is 4.50. The molecule has 1 heterocycles. The average Bonchev–Trinajstić information content (AvgIpc) is 2.99. The Hall–Kier alpha value is -2.80. The zero-order valence-corrected chi connectivity index (χ0v) is 16.1. The van der Waals surface area contributed by atoms with Gasteiger partial charge in [-0.1, -0.05) is 62.2 Å². The fourth-order valence-electron chi connectivity index (χ4n) is 4.50. The second-order valence-corrected chi connectivity index (χ2v) is 7.75. The minimum atomic E-state index is 1.18. The molecule has 0 aliphatic heterocycles. The Morgan fingerprint density at radius 1 is 0.704 bits per heavy atom. The smallest absolute Gasteiger partial charge is 0.0495 e. The van der Waals surface area contributed by atoms with E-state index < -0.39 is 0 Å². The van der Waals surface area contributed by atoms with Gasteiger partial charge >= 0.3 is 0 Å². The highest BCUT2D eigenvalue weighted by atomic mass is 14.9. The molecule has 0 aliphatic rings. The van der Waals surface area contributed by atoms with Gasteiger partial charge in [-0.3, -0.25) is 0 Å². The van der Waals surface area contributed by atoms with E-state index in [2.05, 4.69) is 85.3 Å². The SMILES string of the molecule is CCCCCc1ccc2c3c4cc5ccccc5cc4ccc3n(C)c2c1. The molecule has 0 N–H and O–H groups in total. The summed E-state index contributed by atoms with van der Waals surface area (Å²) in [6.07, 6.45) is 5.04. The number of unbranched alkanes of at least 4 members (excludes halogenated alkanes) is 2. The van der Waals surface area contributed by atoms with E-state index in [1.807, 2.05) is 0 Å². The van der Waals surface area contributed by atoms with E-state index in [1.165, 1.54) is 74.6 Å². The highest BCUT2D eigenvalue weighted by Crippen LogP contribution is 2.36. The van der Waals surface area contributed by atoms with Crippen molar-refractivity contribution < 1.29 is 0 Å². The zero-order valence-electron chi connectivity index (χ0n) is 16.1. The maximum atomic E-state index is 2.40. The van der Waals surface area contributed by atoms with Gasteiger partial charge in [0.25, 0.3) is 0 Å². The summed E-state index contributed by atoms with van der Waals surface area (Å²) in [5.74, 6) is 0. The van der Waals surface area contributed by atoms with Crippen LogP contribution in [0.5, 0.6) is 0 Å². The Kier molecular flexibility index (Phi) is 3.89. The lowest BCUT2D eigenvalue weighted by Crippen LogP contribution is -1.89. The van der Waals surface area contributed by atoms with Crippen molar-refractivity contribution in [2.45, 2.75) is 32.6 Å². The molecule has 1 heteroatoms. The van der Waals surface area contributed by atoms with Crippen molar-refractivity contribution >= 4 is 43.4 Å². The van der Waals surface area contributed by atoms with Crippen molar-refractivity contribution in [3.05, 3.63) is 72.3 Å². The van der Waals surface area contributed by atoms with Crippen molar-refractivity contribution in [3.63, 3.8) is 0 Å². The van der Waals surface area contributed by atoms with E-state index in [0.29, 0.717) is 0 Å². The molecule has 0 saturated heterocycles. The summed E-state index contributed by atoms with van der Waals surface area (Å²) in [7, 11) is 2.20. The van der Waals surface area contributed by atoms with Gasteiger partial charge in [-0.15, -0.1) is 0 Å². The number of fused-ring (bicyclic) bond motifs is 6. The van der Waals surface area contributed by atoms with Gasteiger partial charge in [-0.25, -0.2) is 0 Å². The molecule has 0 aliphatic carbocycles. The molecule has 0 atom stereocenters. The number of aryl methyl sites for hydroxylation is 2. The van der Waals surface area contributed by atoms with Crippen LogP contribution in [0.2, 0.25) is 0 Å². The van der Waals surface area contributed by atoms with Crippen molar-refractivity contribution in [3.8, 4) is 0 Å². The molecular weight excluding hydrogens is 326 g/mol. The first kappa shape index (κ1) is 16.4. The normalized spacial score (nSPS) is 11.9. The molecule has 27 heavy (non-hydrogen) atoms. The third-order valence-electron chi connectivity index (χ3n) is 5.99. The summed E-state index contributed by atoms with van der Waals surface area (Å²) in [6.45, 7) is 2.27. The predicted molar refractivity (Wildman–Crippen MR) is 119 cm³/mol. The Labute approximate surface area is 160 Å². The van der Waals surface area contributed by atoms with E-state index in [4.69, 9.17) is 0 Å². The average molecular weight is 351 g/mol. The first-order valence-corrected chi connectivity index (χ1v) is 10.1. The standard InChI is InChI=1S/C26H25N/c1-3-4-5-8-18-11-13-22-25(15-18)27(2)24-14-12-21-16-19-9-6-7-10-20(19)17-23(21)26(22)24/h6-7,9-17H,3-5,8H2,1-2H3. The maximum absolute atomic E-state index is 2.40. The highest BCUT2D eigenvalue weighted by Gasteiger charge is 2.12. The van der Waals surface area contributed by atoms with Crippen LogP contribution < -0.4 is 0 Å². The van der Waals surface area contributed by atoms with Crippen LogP contribution in [0.1, 0.15) is 31.7 Å². The van der Waals surface area contributed by atoms with Gasteiger partial charge in [0.15, 0.2) is 0 Å². The van der Waals surface area contributed by atoms with Gasteiger partial charge in [0, 0.05) is 28.9 Å². The molecule has 4 aromatic carbocycles. The van der Waals surface area contributed by atoms with Crippen molar-refractivity contribution in [2.75, 3.05) is 0 Å². The van der Waals surface area contributed by atoms with Crippen LogP contribution in [-0.4, -0.2) is 4.57 Å². The number of hydrogen-bond acceptors (Lipinski definition) is 0. The summed E-state index contributed by atoms with van der Waals surface area (Å²) in [4.78, 5) is 0. The number of rotatable bonds is 4. The Morgan fingerprint density at radius 2 is 1.52 bits per heavy atom. The van der Waals surface area contributed by atoms with Crippen LogP contribution in [-0.2, 0) is 13.5 Å². The van der Waals surface area contributed by atoms with Crippen LogP contribution in [0.4, 0.5) is 0 Å². The van der Waals surface area contributed by atoms with Gasteiger partial charge in [0.05, 0.1) is 0 Å². The molecule has 0 unspecified atom stereocenters. The molecule has 0 bridgehead atoms. The largest absolute Gasteiger partial charge is 0.344 e. The van der Waals surface area contributed by atoms with Crippen LogP contribution >= 0.6 is 0 Å². The second kappa shape index (κ2) is 6.42. The molecule has 5 rings (SSSR count). The summed E-state index contributed by atoms with van der Waals surface area (Å²) in [5, 5.41) is 8.05. The Balaban J connectivity index is 1.78. The Bertz CT molecular complexity index is 1290. The lowest BCUT2D eigenvalue weighted by molar-refractivity contribution is 0.717. The van der Waals surface area contributed by atoms with Gasteiger partial charge in [0.2, 0.25) is 0 Å². The monoisotopic (exact) mass is 351 g/mol. The van der Waals surface area contributed by atoms with Crippen LogP contribution in [0.25, 0.3) is 43.4 Å². The molecule has 134 valence electrons. The highest BCUT2D eigenvalue weighted by molar-refractivity contribution is 6.22. The van der Waals surface area contributed by atoms with E-state index in [1.54, 1.807) is 0 Å². The maximum Gasteiger partial charge on any atom is 0.0495 e. The summed E-state index contributed by atoms with van der Waals surface area (Å²) >= 11 is 0. The molecule has 0 saturated carbocycles. The molecule has 0 fully saturated rings. The van der Waals surface area contributed by atoms with E-state index >= 15 is 0 Å². The lowest BCUT2D eigenvalue weighted by atomic mass is 9.99.